The Morgan fingerprint density at radius 1 is 1.08 bits per heavy atom. The number of carbonyl (C=O) groups excluding carboxylic acids is 2. The van der Waals surface area contributed by atoms with Crippen molar-refractivity contribution in [3.63, 3.8) is 0 Å². The van der Waals surface area contributed by atoms with Gasteiger partial charge in [0.15, 0.2) is 6.61 Å². The predicted octanol–water partition coefficient (Wildman–Crippen LogP) is 2.60. The van der Waals surface area contributed by atoms with Crippen molar-refractivity contribution in [3.05, 3.63) is 65.9 Å². The molecule has 3 heterocycles. The van der Waals surface area contributed by atoms with Crippen LogP contribution in [0.1, 0.15) is 35.2 Å². The highest BCUT2D eigenvalue weighted by atomic mass is 16.5. The van der Waals surface area contributed by atoms with E-state index < -0.39 is 17.6 Å². The van der Waals surface area contributed by atoms with Crippen LogP contribution in [0.25, 0.3) is 10.9 Å². The van der Waals surface area contributed by atoms with Crippen molar-refractivity contribution in [1.82, 2.24) is 14.8 Å². The molecule has 0 unspecified atom stereocenters. The van der Waals surface area contributed by atoms with E-state index in [2.05, 4.69) is 4.98 Å². The van der Waals surface area contributed by atoms with Gasteiger partial charge in [-0.05, 0) is 60.6 Å². The van der Waals surface area contributed by atoms with Gasteiger partial charge in [0.2, 0.25) is 0 Å². The number of nitrogens with zero attached hydrogens (tertiary/aromatic N) is 2. The maximum atomic E-state index is 13.2. The number of benzene rings is 2. The van der Waals surface area contributed by atoms with Crippen LogP contribution < -0.4 is 4.74 Å². The Bertz CT molecular complexity index is 1250. The minimum absolute atomic E-state index is 0.0175. The molecule has 36 heavy (non-hydrogen) atoms. The van der Waals surface area contributed by atoms with Crippen molar-refractivity contribution in [2.45, 2.75) is 37.9 Å². The standard InChI is InChI=1S/C28H33N3O5/c1-30-18-28(16-24(33)23(32)15-20-4-2-3-5-25(20)36-17-26(30)34)9-12-31(13-10-28)27(35)21-6-7-22-19(14-21)8-11-29-22/h2-8,11,14,23-24,29,32-33H,9-10,12-13,15-18H2,1H3/t23-,24+/m0/s1. The molecule has 0 radical (unpaired) electrons. The second kappa shape index (κ2) is 9.95. The number of H-pyrrole nitrogens is 1. The van der Waals surface area contributed by atoms with Crippen molar-refractivity contribution in [2.24, 2.45) is 5.41 Å². The number of fused-ring (bicyclic) bond motifs is 2. The van der Waals surface area contributed by atoms with Crippen molar-refractivity contribution >= 4 is 22.7 Å². The second-order valence-electron chi connectivity index (χ2n) is 10.3. The average Bonchev–Trinajstić information content (AvgIpc) is 3.35. The SMILES string of the molecule is CN1CC2(CCN(C(=O)c3ccc4[nH]ccc4c3)CC2)C[C@@H](O)[C@@H](O)Cc2ccccc2OCC1=O. The maximum absolute atomic E-state index is 13.2. The van der Waals surface area contributed by atoms with E-state index in [1.165, 1.54) is 0 Å². The molecular weight excluding hydrogens is 458 g/mol. The topological polar surface area (TPSA) is 106 Å². The molecule has 2 aliphatic heterocycles. The number of amides is 2. The summed E-state index contributed by atoms with van der Waals surface area (Å²) in [7, 11) is 1.75. The van der Waals surface area contributed by atoms with E-state index in [1.54, 1.807) is 18.0 Å². The minimum atomic E-state index is -0.959. The monoisotopic (exact) mass is 491 g/mol. The number of aliphatic hydroxyl groups excluding tert-OH is 2. The minimum Gasteiger partial charge on any atom is -0.483 e. The summed E-state index contributed by atoms with van der Waals surface area (Å²) in [4.78, 5) is 32.8. The first-order valence-electron chi connectivity index (χ1n) is 12.5. The highest BCUT2D eigenvalue weighted by molar-refractivity contribution is 5.98. The van der Waals surface area contributed by atoms with E-state index in [0.717, 1.165) is 16.5 Å². The quantitative estimate of drug-likeness (QED) is 0.485. The molecule has 8 nitrogen and oxygen atoms in total. The first-order chi connectivity index (χ1) is 17.3. The van der Waals surface area contributed by atoms with Crippen LogP contribution in [0.15, 0.2) is 54.7 Å². The fourth-order valence-electron chi connectivity index (χ4n) is 5.58. The molecule has 190 valence electrons. The summed E-state index contributed by atoms with van der Waals surface area (Å²) in [6.07, 6.45) is 1.79. The summed E-state index contributed by atoms with van der Waals surface area (Å²) < 4.78 is 5.79. The van der Waals surface area contributed by atoms with Gasteiger partial charge in [-0.15, -0.1) is 0 Å². The summed E-state index contributed by atoms with van der Waals surface area (Å²) in [6.45, 7) is 1.38. The fraction of sp³-hybridized carbons (Fsp3) is 0.429. The molecule has 2 aliphatic rings. The molecule has 3 aromatic rings. The van der Waals surface area contributed by atoms with Crippen LogP contribution in [0.5, 0.6) is 5.75 Å². The van der Waals surface area contributed by atoms with E-state index in [0.29, 0.717) is 50.2 Å². The Balaban J connectivity index is 1.33. The van der Waals surface area contributed by atoms with Crippen LogP contribution in [0.4, 0.5) is 0 Å². The molecule has 0 saturated carbocycles. The van der Waals surface area contributed by atoms with Gasteiger partial charge in [0.25, 0.3) is 11.8 Å². The zero-order chi connectivity index (χ0) is 25.3. The molecule has 3 N–H and O–H groups in total. The Kier molecular flexibility index (Phi) is 6.73. The van der Waals surface area contributed by atoms with Crippen molar-refractivity contribution in [2.75, 3.05) is 33.3 Å². The van der Waals surface area contributed by atoms with E-state index in [9.17, 15) is 19.8 Å². The summed E-state index contributed by atoms with van der Waals surface area (Å²) in [5, 5.41) is 22.9. The smallest absolute Gasteiger partial charge is 0.260 e. The van der Waals surface area contributed by atoms with E-state index in [1.807, 2.05) is 53.6 Å². The first-order valence-corrected chi connectivity index (χ1v) is 12.5. The lowest BCUT2D eigenvalue weighted by atomic mass is 9.72. The third kappa shape index (κ3) is 4.96. The Hall–Kier alpha value is -3.36. The van der Waals surface area contributed by atoms with E-state index >= 15 is 0 Å². The molecule has 2 aromatic carbocycles. The number of para-hydroxylation sites is 1. The third-order valence-corrected chi connectivity index (χ3v) is 7.75. The molecule has 8 heteroatoms. The van der Waals surface area contributed by atoms with Gasteiger partial charge in [-0.3, -0.25) is 9.59 Å². The highest BCUT2D eigenvalue weighted by Crippen LogP contribution is 2.39. The zero-order valence-electron chi connectivity index (χ0n) is 20.5. The fourth-order valence-corrected chi connectivity index (χ4v) is 5.58. The number of carbonyl (C=O) groups is 2. The molecule has 2 atom stereocenters. The number of aromatic nitrogens is 1. The molecule has 2 amide bonds. The summed E-state index contributed by atoms with van der Waals surface area (Å²) in [5.74, 6) is 0.389. The molecule has 5 rings (SSSR count). The molecule has 1 saturated heterocycles. The molecule has 0 aliphatic carbocycles. The number of nitrogens with one attached hydrogen (secondary N) is 1. The summed E-state index contributed by atoms with van der Waals surface area (Å²) >= 11 is 0. The van der Waals surface area contributed by atoms with E-state index in [-0.39, 0.29) is 24.8 Å². The van der Waals surface area contributed by atoms with Crippen molar-refractivity contribution in [3.8, 4) is 5.75 Å². The van der Waals surface area contributed by atoms with Gasteiger partial charge >= 0.3 is 0 Å². The first kappa shape index (κ1) is 24.3. The number of piperidine rings is 1. The van der Waals surface area contributed by atoms with Crippen LogP contribution >= 0.6 is 0 Å². The number of likely N-dealkylation sites (N-methyl/N-ethyl adjacent to an activating group) is 1. The van der Waals surface area contributed by atoms with Crippen molar-refractivity contribution < 1.29 is 24.5 Å². The molecule has 1 spiro atoms. The van der Waals surface area contributed by atoms with Gasteiger partial charge in [0.1, 0.15) is 5.75 Å². The average molecular weight is 492 g/mol. The Labute approximate surface area is 210 Å². The van der Waals surface area contributed by atoms with Crippen molar-refractivity contribution in [1.29, 1.82) is 0 Å². The molecule has 0 bridgehead atoms. The number of aromatic amines is 1. The van der Waals surface area contributed by atoms with Crippen LogP contribution in [0.2, 0.25) is 0 Å². The molecular formula is C28H33N3O5. The van der Waals surface area contributed by atoms with Crippen LogP contribution in [-0.2, 0) is 11.2 Å². The lowest BCUT2D eigenvalue weighted by Crippen LogP contribution is -2.51. The van der Waals surface area contributed by atoms with Gasteiger partial charge in [-0.2, -0.15) is 0 Å². The van der Waals surface area contributed by atoms with Crippen LogP contribution in [0.3, 0.4) is 0 Å². The Morgan fingerprint density at radius 2 is 1.86 bits per heavy atom. The number of hydrogen-bond acceptors (Lipinski definition) is 5. The second-order valence-corrected chi connectivity index (χ2v) is 10.3. The zero-order valence-corrected chi connectivity index (χ0v) is 20.5. The van der Waals surface area contributed by atoms with Crippen LogP contribution in [-0.4, -0.2) is 82.3 Å². The van der Waals surface area contributed by atoms with E-state index in [4.69, 9.17) is 4.74 Å². The maximum Gasteiger partial charge on any atom is 0.260 e. The van der Waals surface area contributed by atoms with Gasteiger partial charge in [-0.1, -0.05) is 18.2 Å². The number of likely N-dealkylation sites (tertiary alicyclic amines) is 1. The lowest BCUT2D eigenvalue weighted by Gasteiger charge is -2.45. The number of ether oxygens (including phenoxy) is 1. The molecule has 1 aromatic heterocycles. The predicted molar refractivity (Wildman–Crippen MR) is 136 cm³/mol. The molecule has 1 fully saturated rings. The number of rotatable bonds is 1. The van der Waals surface area contributed by atoms with Gasteiger partial charge in [0.05, 0.1) is 12.2 Å². The van der Waals surface area contributed by atoms with Gasteiger partial charge in [-0.25, -0.2) is 0 Å². The normalized spacial score (nSPS) is 23.0. The largest absolute Gasteiger partial charge is 0.483 e. The van der Waals surface area contributed by atoms with Gasteiger partial charge < -0.3 is 29.7 Å². The number of hydrogen-bond donors (Lipinski definition) is 3. The van der Waals surface area contributed by atoms with Crippen LogP contribution in [0, 0.1) is 5.41 Å². The summed E-state index contributed by atoms with van der Waals surface area (Å²) in [5.41, 5.74) is 1.98. The Morgan fingerprint density at radius 3 is 2.67 bits per heavy atom. The summed E-state index contributed by atoms with van der Waals surface area (Å²) in [6, 6.07) is 14.9. The highest BCUT2D eigenvalue weighted by Gasteiger charge is 2.41. The number of aliphatic hydroxyl groups is 2. The van der Waals surface area contributed by atoms with Gasteiger partial charge in [0, 0.05) is 55.8 Å². The lowest BCUT2D eigenvalue weighted by molar-refractivity contribution is -0.135. The third-order valence-electron chi connectivity index (χ3n) is 7.75.